The number of rotatable bonds is 12. The van der Waals surface area contributed by atoms with E-state index in [0.29, 0.717) is 41.8 Å². The van der Waals surface area contributed by atoms with Crippen LogP contribution in [-0.2, 0) is 40.7 Å². The minimum atomic E-state index is -3.47. The smallest absolute Gasteiger partial charge is 0.264 e. The summed E-state index contributed by atoms with van der Waals surface area (Å²) in [4.78, 5) is 0. The molecule has 0 heterocycles. The van der Waals surface area contributed by atoms with Gasteiger partial charge >= 0.3 is 0 Å². The highest BCUT2D eigenvalue weighted by molar-refractivity contribution is 7.85. The Morgan fingerprint density at radius 3 is 1.42 bits per heavy atom. The summed E-state index contributed by atoms with van der Waals surface area (Å²) in [6, 6.07) is 30.3. The van der Waals surface area contributed by atoms with Crippen molar-refractivity contribution < 1.29 is 36.7 Å². The van der Waals surface area contributed by atoms with Crippen LogP contribution in [0.3, 0.4) is 0 Å². The van der Waals surface area contributed by atoms with Crippen LogP contribution in [-0.4, -0.2) is 39.3 Å². The first-order valence-corrected chi connectivity index (χ1v) is 15.9. The highest BCUT2D eigenvalue weighted by Crippen LogP contribution is 2.30. The van der Waals surface area contributed by atoms with E-state index in [2.05, 4.69) is 0 Å². The summed E-state index contributed by atoms with van der Waals surface area (Å²) < 4.78 is 48.7. The lowest BCUT2D eigenvalue weighted by molar-refractivity contribution is 0.274. The Bertz CT molecular complexity index is 1450. The Labute approximate surface area is 263 Å². The lowest BCUT2D eigenvalue weighted by Crippen LogP contribution is -2.03. The van der Waals surface area contributed by atoms with Crippen molar-refractivity contribution in [2.75, 3.05) is 25.8 Å². The molecule has 11 heteroatoms. The minimum Gasteiger partial charge on any atom is -0.493 e. The lowest BCUT2D eigenvalue weighted by atomic mass is 10.2. The molecule has 8 nitrogen and oxygen atoms in total. The molecule has 0 aliphatic heterocycles. The fourth-order valence-electron chi connectivity index (χ4n) is 3.50. The summed E-state index contributed by atoms with van der Waals surface area (Å²) in [7, 11) is -0.348. The maximum Gasteiger partial charge on any atom is 0.264 e. The minimum absolute atomic E-state index is 0.00464. The van der Waals surface area contributed by atoms with Gasteiger partial charge in [-0.2, -0.15) is 8.42 Å². The Hall–Kier alpha value is -3.47. The number of hydrogen-bond donors (Lipinski definition) is 1. The molecule has 0 saturated carbocycles. The van der Waals surface area contributed by atoms with E-state index in [1.165, 1.54) is 7.11 Å². The topological polar surface area (TPSA) is 101 Å². The Balaban J connectivity index is 0.000000279. The van der Waals surface area contributed by atoms with Crippen molar-refractivity contribution in [3.05, 3.63) is 119 Å². The summed E-state index contributed by atoms with van der Waals surface area (Å²) in [6.45, 7) is 0.884. The van der Waals surface area contributed by atoms with Crippen LogP contribution in [0.4, 0.5) is 0 Å². The molecule has 43 heavy (non-hydrogen) atoms. The molecular weight excluding hydrogens is 615 g/mol. The van der Waals surface area contributed by atoms with E-state index in [9.17, 15) is 8.42 Å². The van der Waals surface area contributed by atoms with Crippen LogP contribution in [0.2, 0.25) is 0 Å². The normalized spacial score (nSPS) is 10.4. The number of benzene rings is 4. The molecule has 0 aliphatic carbocycles. The first kappa shape index (κ1) is 35.7. The molecule has 4 aromatic rings. The van der Waals surface area contributed by atoms with Crippen molar-refractivity contribution in [2.45, 2.75) is 26.4 Å². The van der Waals surface area contributed by atoms with Crippen molar-refractivity contribution >= 4 is 33.3 Å². The first-order chi connectivity index (χ1) is 20.7. The Morgan fingerprint density at radius 2 is 1.02 bits per heavy atom. The summed E-state index contributed by atoms with van der Waals surface area (Å²) in [5.41, 5.74) is 3.65. The molecule has 0 aromatic heterocycles. The second kappa shape index (κ2) is 19.7. The number of methoxy groups -OCH3 is 2. The van der Waals surface area contributed by atoms with Crippen LogP contribution in [0, 0.1) is 0 Å². The maximum atomic E-state index is 11.0. The van der Waals surface area contributed by atoms with Gasteiger partial charge in [0, 0.05) is 0 Å². The molecule has 0 aliphatic rings. The van der Waals surface area contributed by atoms with E-state index >= 15 is 0 Å². The number of aliphatic hydroxyl groups is 1. The van der Waals surface area contributed by atoms with Gasteiger partial charge in [-0.1, -0.05) is 72.8 Å². The van der Waals surface area contributed by atoms with Gasteiger partial charge in [0.25, 0.3) is 10.1 Å². The SMILES string of the molecule is COc1cc(CO)ccc1OCc1ccccc1.COc1cc(COS(C)(=O)=O)ccc1OCc1ccccc1.ClCCl. The number of aliphatic hydroxyl groups excluding tert-OH is 1. The molecule has 0 spiro atoms. The third kappa shape index (κ3) is 14.0. The Kier molecular flexibility index (Phi) is 16.3. The van der Waals surface area contributed by atoms with E-state index in [0.717, 1.165) is 22.9 Å². The van der Waals surface area contributed by atoms with E-state index in [-0.39, 0.29) is 18.6 Å². The van der Waals surface area contributed by atoms with Crippen molar-refractivity contribution in [1.82, 2.24) is 0 Å². The van der Waals surface area contributed by atoms with Gasteiger partial charge < -0.3 is 24.1 Å². The van der Waals surface area contributed by atoms with Crippen LogP contribution in [0.1, 0.15) is 22.3 Å². The Morgan fingerprint density at radius 1 is 0.605 bits per heavy atom. The van der Waals surface area contributed by atoms with Crippen molar-refractivity contribution in [1.29, 1.82) is 0 Å². The van der Waals surface area contributed by atoms with Crippen molar-refractivity contribution in [2.24, 2.45) is 0 Å². The zero-order valence-corrected chi connectivity index (χ0v) is 26.6. The van der Waals surface area contributed by atoms with Crippen molar-refractivity contribution in [3.8, 4) is 23.0 Å². The van der Waals surface area contributed by atoms with Gasteiger partial charge in [-0.15, -0.1) is 23.2 Å². The molecule has 4 aromatic carbocycles. The van der Waals surface area contributed by atoms with Crippen molar-refractivity contribution in [3.63, 3.8) is 0 Å². The fourth-order valence-corrected chi connectivity index (χ4v) is 3.85. The molecule has 0 atom stereocenters. The van der Waals surface area contributed by atoms with E-state index in [1.54, 1.807) is 31.4 Å². The van der Waals surface area contributed by atoms with Gasteiger partial charge in [-0.25, -0.2) is 0 Å². The predicted molar refractivity (Wildman–Crippen MR) is 170 cm³/mol. The standard InChI is InChI=1S/C16H18O5S.C15H16O3.CH2Cl2/c1-19-16-10-14(12-21-22(2,17)18)8-9-15(16)20-11-13-6-4-3-5-7-13;1-17-15-9-13(10-16)7-8-14(15)18-11-12-5-3-2-4-6-12;2-1-3/h3-10H,11-12H2,1-2H3;2-9,16H,10-11H2,1H3;1H2. The van der Waals surface area contributed by atoms with E-state index in [1.807, 2.05) is 72.8 Å². The largest absolute Gasteiger partial charge is 0.493 e. The van der Waals surface area contributed by atoms with Crippen LogP contribution in [0.15, 0.2) is 97.1 Å². The average molecular weight is 652 g/mol. The molecular formula is C32H36Cl2O8S. The fraction of sp³-hybridized carbons (Fsp3) is 0.250. The van der Waals surface area contributed by atoms with Crippen LogP contribution in [0.25, 0.3) is 0 Å². The summed E-state index contributed by atoms with van der Waals surface area (Å²) in [5, 5.41) is 9.25. The van der Waals surface area contributed by atoms with Gasteiger partial charge in [0.2, 0.25) is 0 Å². The predicted octanol–water partition coefficient (Wildman–Crippen LogP) is 6.94. The number of halogens is 2. The van der Waals surface area contributed by atoms with Gasteiger partial charge in [0.05, 0.1) is 39.0 Å². The number of alkyl halides is 2. The van der Waals surface area contributed by atoms with E-state index < -0.39 is 10.1 Å². The van der Waals surface area contributed by atoms with Gasteiger partial charge in [-0.05, 0) is 46.5 Å². The molecule has 1 N–H and O–H groups in total. The third-order valence-corrected chi connectivity index (χ3v) is 6.10. The second-order valence-electron chi connectivity index (χ2n) is 8.74. The molecule has 0 unspecified atom stereocenters. The van der Waals surface area contributed by atoms with E-state index in [4.69, 9.17) is 51.4 Å². The first-order valence-electron chi connectivity index (χ1n) is 13.0. The lowest BCUT2D eigenvalue weighted by Gasteiger charge is -2.12. The highest BCUT2D eigenvalue weighted by atomic mass is 35.5. The summed E-state index contributed by atoms with van der Waals surface area (Å²) in [6.07, 6.45) is 1.02. The molecule has 0 radical (unpaired) electrons. The van der Waals surface area contributed by atoms with Crippen LogP contribution >= 0.6 is 23.2 Å². The average Bonchev–Trinajstić information content (AvgIpc) is 3.03. The second-order valence-corrected chi connectivity index (χ2v) is 11.2. The molecule has 232 valence electrons. The molecule has 4 rings (SSSR count). The van der Waals surface area contributed by atoms with Crippen LogP contribution < -0.4 is 18.9 Å². The molecule has 0 bridgehead atoms. The molecule has 0 saturated heterocycles. The maximum absolute atomic E-state index is 11.0. The zero-order valence-electron chi connectivity index (χ0n) is 24.2. The quantitative estimate of drug-likeness (QED) is 0.130. The highest BCUT2D eigenvalue weighted by Gasteiger charge is 2.09. The zero-order chi connectivity index (χ0) is 31.5. The summed E-state index contributed by atoms with van der Waals surface area (Å²) in [5.74, 6) is 2.44. The molecule has 0 amide bonds. The van der Waals surface area contributed by atoms with Gasteiger partial charge in [0.15, 0.2) is 23.0 Å². The van der Waals surface area contributed by atoms with Gasteiger partial charge in [0.1, 0.15) is 13.2 Å². The summed E-state index contributed by atoms with van der Waals surface area (Å²) >= 11 is 9.53. The third-order valence-electron chi connectivity index (χ3n) is 5.55. The molecule has 0 fully saturated rings. The van der Waals surface area contributed by atoms with Gasteiger partial charge in [-0.3, -0.25) is 4.18 Å². The number of hydrogen-bond acceptors (Lipinski definition) is 8. The number of ether oxygens (including phenoxy) is 4. The van der Waals surface area contributed by atoms with Crippen LogP contribution in [0.5, 0.6) is 23.0 Å². The monoisotopic (exact) mass is 650 g/mol.